The van der Waals surface area contributed by atoms with Crippen LogP contribution < -0.4 is 0 Å². The second-order valence-corrected chi connectivity index (χ2v) is 21.1. The van der Waals surface area contributed by atoms with Crippen molar-refractivity contribution >= 4 is 0 Å². The van der Waals surface area contributed by atoms with E-state index in [1.165, 1.54) is 25.8 Å². The lowest BCUT2D eigenvalue weighted by Crippen LogP contribution is -2.66. The summed E-state index contributed by atoms with van der Waals surface area (Å²) in [5.74, 6) is 2.64. The van der Waals surface area contributed by atoms with Gasteiger partial charge in [-0.25, -0.2) is 0 Å². The Morgan fingerprint density at radius 2 is 1.34 bits per heavy atom. The fraction of sp³-hybridized carbons (Fsp3) is 0.956. The minimum absolute atomic E-state index is 0.0171. The Balaban J connectivity index is 0.916. The first-order valence-corrected chi connectivity index (χ1v) is 23.2. The molecule has 0 aromatic rings. The van der Waals surface area contributed by atoms with Gasteiger partial charge in [-0.2, -0.15) is 0 Å². The van der Waals surface area contributed by atoms with E-state index in [4.69, 9.17) is 37.9 Å². The third-order valence-electron chi connectivity index (χ3n) is 17.6. The second kappa shape index (κ2) is 16.8. The van der Waals surface area contributed by atoms with Crippen molar-refractivity contribution in [2.24, 2.45) is 46.3 Å². The van der Waals surface area contributed by atoms with Gasteiger partial charge in [-0.05, 0) is 106 Å². The van der Waals surface area contributed by atoms with Gasteiger partial charge in [0.2, 0.25) is 0 Å². The standard InChI is InChI=1S/C45H72O16/c1-19-9-14-45(54-18-19)20(2)30-28(61-45)16-27-25-8-7-23-15-24(10-12-43(23,5)26(25)11-13-44(27,30)6)57-42-39(60-41-36(52)34(50)32(48)22(4)56-41)37(53)38(29(17-46)58-42)59-40-35(51)33(49)31(47)21(3)55-40/h7,19-22,24-42,46-53H,8-18H2,1-6H3/t19?,20-,21-,22-,24-,25?,26?,27?,28-,29+,30-,31-,32-,33+,34+,35+,36+,37-,38+,39+,40-,41-,42+,43-,44-,45?/m0/s1. The van der Waals surface area contributed by atoms with Crippen LogP contribution in [-0.4, -0.2) is 164 Å². The van der Waals surface area contributed by atoms with E-state index in [2.05, 4.69) is 33.8 Å². The summed E-state index contributed by atoms with van der Waals surface area (Å²) in [7, 11) is 0. The monoisotopic (exact) mass is 868 g/mol. The molecule has 0 aromatic heterocycles. The number of allylic oxidation sites excluding steroid dienone is 1. The molecule has 3 saturated carbocycles. The third kappa shape index (κ3) is 7.42. The van der Waals surface area contributed by atoms with E-state index in [9.17, 15) is 40.9 Å². The van der Waals surface area contributed by atoms with Gasteiger partial charge in [0.1, 0.15) is 61.0 Å². The molecule has 5 unspecified atom stereocenters. The molecule has 1 spiro atoms. The summed E-state index contributed by atoms with van der Waals surface area (Å²) in [5.41, 5.74) is 1.53. The van der Waals surface area contributed by atoms with Gasteiger partial charge >= 0.3 is 0 Å². The van der Waals surface area contributed by atoms with Gasteiger partial charge in [-0.3, -0.25) is 0 Å². The van der Waals surface area contributed by atoms with E-state index in [1.54, 1.807) is 0 Å². The van der Waals surface area contributed by atoms with Crippen molar-refractivity contribution in [2.45, 2.75) is 209 Å². The van der Waals surface area contributed by atoms with Gasteiger partial charge in [0.25, 0.3) is 0 Å². The zero-order valence-electron chi connectivity index (χ0n) is 36.5. The smallest absolute Gasteiger partial charge is 0.187 e. The molecule has 61 heavy (non-hydrogen) atoms. The van der Waals surface area contributed by atoms with Gasteiger partial charge in [0.05, 0.1) is 37.6 Å². The molecule has 16 nitrogen and oxygen atoms in total. The first-order chi connectivity index (χ1) is 28.9. The molecule has 9 aliphatic rings. The number of hydrogen-bond acceptors (Lipinski definition) is 16. The average molecular weight is 869 g/mol. The van der Waals surface area contributed by atoms with Crippen LogP contribution in [0.4, 0.5) is 0 Å². The maximum Gasteiger partial charge on any atom is 0.187 e. The van der Waals surface area contributed by atoms with Crippen molar-refractivity contribution in [1.82, 2.24) is 0 Å². The van der Waals surface area contributed by atoms with Crippen molar-refractivity contribution in [3.8, 4) is 0 Å². The van der Waals surface area contributed by atoms with Gasteiger partial charge in [-0.15, -0.1) is 0 Å². The largest absolute Gasteiger partial charge is 0.394 e. The van der Waals surface area contributed by atoms with Crippen LogP contribution in [0.25, 0.3) is 0 Å². The number of aliphatic hydroxyl groups excluding tert-OH is 8. The van der Waals surface area contributed by atoms with Gasteiger partial charge in [-0.1, -0.05) is 39.3 Å². The molecule has 348 valence electrons. The Bertz CT molecular complexity index is 1590. The number of aliphatic hydroxyl groups is 8. The first kappa shape index (κ1) is 45.3. The summed E-state index contributed by atoms with van der Waals surface area (Å²) in [6, 6.07) is 0. The lowest BCUT2D eigenvalue weighted by Gasteiger charge is -2.58. The summed E-state index contributed by atoms with van der Waals surface area (Å²) in [6.45, 7) is 12.7. The Morgan fingerprint density at radius 3 is 1.97 bits per heavy atom. The van der Waals surface area contributed by atoms with Crippen molar-refractivity contribution < 1.29 is 78.7 Å². The molecule has 0 bridgehead atoms. The number of ether oxygens (including phenoxy) is 8. The lowest BCUT2D eigenvalue weighted by atomic mass is 9.47. The predicted molar refractivity (Wildman–Crippen MR) is 213 cm³/mol. The molecular weight excluding hydrogens is 796 g/mol. The summed E-state index contributed by atoms with van der Waals surface area (Å²) >= 11 is 0. The highest BCUT2D eigenvalue weighted by atomic mass is 16.8. The van der Waals surface area contributed by atoms with E-state index in [-0.39, 0.29) is 23.0 Å². The summed E-state index contributed by atoms with van der Waals surface area (Å²) in [6.07, 6.45) is -10.4. The molecule has 0 radical (unpaired) electrons. The Labute approximate surface area is 358 Å². The van der Waals surface area contributed by atoms with Crippen LogP contribution in [0, 0.1) is 46.3 Å². The molecule has 0 amide bonds. The Hall–Kier alpha value is -0.900. The topological polar surface area (TPSA) is 236 Å². The number of hydrogen-bond donors (Lipinski definition) is 8. The highest BCUT2D eigenvalue weighted by molar-refractivity contribution is 5.26. The van der Waals surface area contributed by atoms with E-state index in [1.807, 2.05) is 0 Å². The van der Waals surface area contributed by atoms with E-state index in [0.29, 0.717) is 48.3 Å². The van der Waals surface area contributed by atoms with E-state index < -0.39 is 105 Å². The molecule has 0 aromatic carbocycles. The SMILES string of the molecule is CC1CCC2(OC1)O[C@H]1CC3C4CC=C5C[C@@H](O[C@@H]6O[C@H](CO)[C@@H](O[C@@H]7O[C@@H](C)[C@H](O)[C@@H](O)[C@H]7O)[C@H](O)[C@H]6O[C@@H]6O[C@@H](C)[C@H](O)[C@@H](O)[C@H]6O)CC[C@]5(C)C4CC[C@]3(C)[C@H]1[C@@H]2C. The minimum atomic E-state index is -1.71. The summed E-state index contributed by atoms with van der Waals surface area (Å²) in [5, 5.41) is 85.9. The van der Waals surface area contributed by atoms with Crippen molar-refractivity contribution in [2.75, 3.05) is 13.2 Å². The predicted octanol–water partition coefficient (Wildman–Crippen LogP) is 1.24. The second-order valence-electron chi connectivity index (χ2n) is 21.1. The molecular formula is C45H72O16. The fourth-order valence-electron chi connectivity index (χ4n) is 14.0. The van der Waals surface area contributed by atoms with Gasteiger partial charge in [0.15, 0.2) is 24.7 Å². The molecule has 8 N–H and O–H groups in total. The lowest BCUT2D eigenvalue weighted by molar-refractivity contribution is -0.388. The first-order valence-electron chi connectivity index (χ1n) is 23.2. The average Bonchev–Trinajstić information content (AvgIpc) is 3.69. The normalized spacial score (nSPS) is 58.4. The highest BCUT2D eigenvalue weighted by Crippen LogP contribution is 2.70. The Kier molecular flexibility index (Phi) is 12.4. The van der Waals surface area contributed by atoms with Crippen LogP contribution in [-0.2, 0) is 37.9 Å². The Morgan fingerprint density at radius 1 is 0.689 bits per heavy atom. The van der Waals surface area contributed by atoms with E-state index >= 15 is 0 Å². The zero-order chi connectivity index (χ0) is 43.5. The minimum Gasteiger partial charge on any atom is -0.394 e. The molecule has 4 aliphatic carbocycles. The highest BCUT2D eigenvalue weighted by Gasteiger charge is 2.69. The molecule has 26 atom stereocenters. The molecule has 5 heterocycles. The van der Waals surface area contributed by atoms with Crippen LogP contribution in [0.1, 0.15) is 99.3 Å². The van der Waals surface area contributed by atoms with Crippen molar-refractivity contribution in [3.63, 3.8) is 0 Å². The van der Waals surface area contributed by atoms with Crippen LogP contribution in [0.3, 0.4) is 0 Å². The van der Waals surface area contributed by atoms with E-state index in [0.717, 1.165) is 45.1 Å². The fourth-order valence-corrected chi connectivity index (χ4v) is 14.0. The maximum atomic E-state index is 12.0. The number of rotatable bonds is 7. The summed E-state index contributed by atoms with van der Waals surface area (Å²) < 4.78 is 50.1. The molecule has 9 rings (SSSR count). The van der Waals surface area contributed by atoms with Crippen molar-refractivity contribution in [3.05, 3.63) is 11.6 Å². The molecule has 16 heteroatoms. The van der Waals surface area contributed by atoms with Gasteiger partial charge < -0.3 is 78.7 Å². The third-order valence-corrected chi connectivity index (χ3v) is 17.6. The quantitative estimate of drug-likeness (QED) is 0.168. The maximum absolute atomic E-state index is 12.0. The van der Waals surface area contributed by atoms with Crippen LogP contribution in [0.15, 0.2) is 11.6 Å². The van der Waals surface area contributed by atoms with Crippen LogP contribution in [0.2, 0.25) is 0 Å². The van der Waals surface area contributed by atoms with Crippen LogP contribution in [0.5, 0.6) is 0 Å². The molecule has 5 aliphatic heterocycles. The zero-order valence-corrected chi connectivity index (χ0v) is 36.5. The molecule has 8 fully saturated rings. The van der Waals surface area contributed by atoms with Gasteiger partial charge in [0, 0.05) is 12.3 Å². The number of fused-ring (bicyclic) bond motifs is 7. The van der Waals surface area contributed by atoms with Crippen LogP contribution >= 0.6 is 0 Å². The summed E-state index contributed by atoms with van der Waals surface area (Å²) in [4.78, 5) is 0. The molecule has 5 saturated heterocycles. The van der Waals surface area contributed by atoms with Crippen molar-refractivity contribution in [1.29, 1.82) is 0 Å².